The normalized spacial score (nSPS) is 12.2. The Balaban J connectivity index is 2.70. The van der Waals surface area contributed by atoms with Crippen LogP contribution in [0.2, 0.25) is 0 Å². The zero-order valence-electron chi connectivity index (χ0n) is 12.8. The molecule has 6 nitrogen and oxygen atoms in total. The van der Waals surface area contributed by atoms with E-state index in [2.05, 4.69) is 5.10 Å². The number of aryl methyl sites for hydroxylation is 2. The number of nitrogens with zero attached hydrogens (tertiary/aromatic N) is 3. The van der Waals surface area contributed by atoms with Crippen LogP contribution in [0.25, 0.3) is 0 Å². The molecule has 0 aromatic carbocycles. The van der Waals surface area contributed by atoms with E-state index >= 15 is 0 Å². The van der Waals surface area contributed by atoms with Crippen LogP contribution < -0.4 is 0 Å². The lowest BCUT2D eigenvalue weighted by molar-refractivity contribution is -0.149. The molecular formula is C14H23N3O3. The second-order valence-corrected chi connectivity index (χ2v) is 5.04. The van der Waals surface area contributed by atoms with Crippen molar-refractivity contribution in [1.29, 1.82) is 0 Å². The third kappa shape index (κ3) is 3.37. The maximum atomic E-state index is 12.1. The number of rotatable bonds is 6. The fourth-order valence-electron chi connectivity index (χ4n) is 2.38. The topological polar surface area (TPSA) is 75.4 Å². The van der Waals surface area contributed by atoms with Crippen molar-refractivity contribution in [3.8, 4) is 0 Å². The van der Waals surface area contributed by atoms with E-state index in [1.54, 1.807) is 18.7 Å². The molecule has 6 heteroatoms. The molecule has 1 aromatic rings. The van der Waals surface area contributed by atoms with Crippen molar-refractivity contribution in [3.05, 3.63) is 17.0 Å². The first-order valence-electron chi connectivity index (χ1n) is 6.77. The number of amides is 1. The fourth-order valence-corrected chi connectivity index (χ4v) is 2.38. The van der Waals surface area contributed by atoms with Crippen LogP contribution in [-0.4, -0.2) is 44.8 Å². The predicted molar refractivity (Wildman–Crippen MR) is 75.5 cm³/mol. The monoisotopic (exact) mass is 281 g/mol. The number of aromatic nitrogens is 2. The highest BCUT2D eigenvalue weighted by atomic mass is 16.4. The van der Waals surface area contributed by atoms with E-state index in [0.29, 0.717) is 19.3 Å². The lowest BCUT2D eigenvalue weighted by atomic mass is 10.1. The Labute approximate surface area is 119 Å². The van der Waals surface area contributed by atoms with Crippen molar-refractivity contribution in [3.63, 3.8) is 0 Å². The van der Waals surface area contributed by atoms with Crippen molar-refractivity contribution in [2.24, 2.45) is 7.05 Å². The van der Waals surface area contributed by atoms with Gasteiger partial charge in [0.05, 0.1) is 5.69 Å². The molecule has 0 bridgehead atoms. The van der Waals surface area contributed by atoms with Crippen LogP contribution in [0.15, 0.2) is 0 Å². The summed E-state index contributed by atoms with van der Waals surface area (Å²) in [6.07, 6.45) is 1.29. The molecule has 1 aromatic heterocycles. The minimum atomic E-state index is -0.961. The van der Waals surface area contributed by atoms with Crippen molar-refractivity contribution in [1.82, 2.24) is 14.7 Å². The van der Waals surface area contributed by atoms with Gasteiger partial charge in [-0.15, -0.1) is 0 Å². The maximum absolute atomic E-state index is 12.1. The molecule has 0 saturated heterocycles. The van der Waals surface area contributed by atoms with Crippen molar-refractivity contribution >= 4 is 11.9 Å². The molecule has 0 radical (unpaired) electrons. The molecule has 0 aliphatic rings. The van der Waals surface area contributed by atoms with E-state index in [1.165, 1.54) is 4.90 Å². The summed E-state index contributed by atoms with van der Waals surface area (Å²) in [5, 5.41) is 13.4. The molecule has 0 saturated carbocycles. The largest absolute Gasteiger partial charge is 0.480 e. The molecule has 112 valence electrons. The van der Waals surface area contributed by atoms with E-state index < -0.39 is 12.0 Å². The Morgan fingerprint density at radius 3 is 2.40 bits per heavy atom. The zero-order valence-corrected chi connectivity index (χ0v) is 12.8. The van der Waals surface area contributed by atoms with Gasteiger partial charge in [0.2, 0.25) is 5.91 Å². The molecule has 1 unspecified atom stereocenters. The summed E-state index contributed by atoms with van der Waals surface area (Å²) in [5.74, 6) is -1.11. The smallest absolute Gasteiger partial charge is 0.326 e. The maximum Gasteiger partial charge on any atom is 0.326 e. The second kappa shape index (κ2) is 6.54. The first-order valence-corrected chi connectivity index (χ1v) is 6.77. The second-order valence-electron chi connectivity index (χ2n) is 5.04. The summed E-state index contributed by atoms with van der Waals surface area (Å²) in [5.41, 5.74) is 3.03. The lowest BCUT2D eigenvalue weighted by Crippen LogP contribution is -2.42. The van der Waals surface area contributed by atoms with E-state index in [-0.39, 0.29) is 5.91 Å². The van der Waals surface area contributed by atoms with Crippen LogP contribution in [0.4, 0.5) is 0 Å². The fraction of sp³-hybridized carbons (Fsp3) is 0.643. The Hall–Kier alpha value is -1.85. The van der Waals surface area contributed by atoms with Crippen LogP contribution in [0, 0.1) is 13.8 Å². The van der Waals surface area contributed by atoms with Gasteiger partial charge in [0.25, 0.3) is 0 Å². The molecule has 0 aliphatic carbocycles. The number of carboxylic acid groups (broad SMARTS) is 1. The zero-order chi connectivity index (χ0) is 15.4. The summed E-state index contributed by atoms with van der Waals surface area (Å²) in [7, 11) is 3.42. The molecule has 1 amide bonds. The highest BCUT2D eigenvalue weighted by Crippen LogP contribution is 2.15. The van der Waals surface area contributed by atoms with Crippen molar-refractivity contribution in [2.45, 2.75) is 46.1 Å². The molecule has 0 aliphatic heterocycles. The van der Waals surface area contributed by atoms with Crippen LogP contribution in [0.5, 0.6) is 0 Å². The molecule has 1 heterocycles. The summed E-state index contributed by atoms with van der Waals surface area (Å²) in [4.78, 5) is 24.5. The number of likely N-dealkylation sites (N-methyl/N-ethyl adjacent to an activating group) is 1. The number of carbonyl (C=O) groups excluding carboxylic acids is 1. The number of carboxylic acids is 1. The number of aliphatic carboxylic acids is 1. The van der Waals surface area contributed by atoms with Crippen LogP contribution in [0.1, 0.15) is 36.7 Å². The van der Waals surface area contributed by atoms with Crippen LogP contribution in [0.3, 0.4) is 0 Å². The number of hydrogen-bond donors (Lipinski definition) is 1. The van der Waals surface area contributed by atoms with E-state index in [4.69, 9.17) is 5.11 Å². The SMILES string of the molecule is CCC(C(=O)O)N(C)C(=O)CCc1c(C)nn(C)c1C. The van der Waals surface area contributed by atoms with Gasteiger partial charge in [-0.3, -0.25) is 9.48 Å². The van der Waals surface area contributed by atoms with Gasteiger partial charge in [0, 0.05) is 26.2 Å². The molecule has 1 rings (SSSR count). The standard InChI is InChI=1S/C14H23N3O3/c1-6-12(14(19)20)16(4)13(18)8-7-11-9(2)15-17(5)10(11)3/h12H,6-8H2,1-5H3,(H,19,20). The molecule has 1 atom stereocenters. The summed E-state index contributed by atoms with van der Waals surface area (Å²) in [6.45, 7) is 5.65. The third-order valence-corrected chi connectivity index (χ3v) is 3.78. The Kier molecular flexibility index (Phi) is 5.30. The number of carbonyl (C=O) groups is 2. The first-order chi connectivity index (χ1) is 9.29. The Bertz CT molecular complexity index is 508. The van der Waals surface area contributed by atoms with Crippen LogP contribution in [-0.2, 0) is 23.1 Å². The first kappa shape index (κ1) is 16.2. The van der Waals surface area contributed by atoms with Gasteiger partial charge in [0.15, 0.2) is 0 Å². The summed E-state index contributed by atoms with van der Waals surface area (Å²) in [6, 6.07) is -0.751. The highest BCUT2D eigenvalue weighted by molar-refractivity contribution is 5.83. The average Bonchev–Trinajstić information content (AvgIpc) is 2.61. The molecule has 0 spiro atoms. The van der Waals surface area contributed by atoms with Crippen LogP contribution >= 0.6 is 0 Å². The van der Waals surface area contributed by atoms with Gasteiger partial charge >= 0.3 is 5.97 Å². The van der Waals surface area contributed by atoms with Gasteiger partial charge in [0.1, 0.15) is 6.04 Å². The summed E-state index contributed by atoms with van der Waals surface area (Å²) < 4.78 is 1.80. The summed E-state index contributed by atoms with van der Waals surface area (Å²) >= 11 is 0. The minimum absolute atomic E-state index is 0.151. The van der Waals surface area contributed by atoms with Gasteiger partial charge in [-0.1, -0.05) is 6.92 Å². The van der Waals surface area contributed by atoms with Crippen molar-refractivity contribution in [2.75, 3.05) is 7.05 Å². The van der Waals surface area contributed by atoms with Gasteiger partial charge in [-0.05, 0) is 32.3 Å². The van der Waals surface area contributed by atoms with E-state index in [1.807, 2.05) is 20.9 Å². The molecular weight excluding hydrogens is 258 g/mol. The molecule has 0 fully saturated rings. The molecule has 20 heavy (non-hydrogen) atoms. The molecule has 1 N–H and O–H groups in total. The Morgan fingerprint density at radius 2 is 2.00 bits per heavy atom. The third-order valence-electron chi connectivity index (χ3n) is 3.78. The predicted octanol–water partition coefficient (Wildman–Crippen LogP) is 1.29. The number of hydrogen-bond acceptors (Lipinski definition) is 3. The van der Waals surface area contributed by atoms with Crippen molar-refractivity contribution < 1.29 is 14.7 Å². The minimum Gasteiger partial charge on any atom is -0.480 e. The van der Waals surface area contributed by atoms with Gasteiger partial charge in [-0.25, -0.2) is 4.79 Å². The van der Waals surface area contributed by atoms with E-state index in [9.17, 15) is 9.59 Å². The average molecular weight is 281 g/mol. The Morgan fingerprint density at radius 1 is 1.40 bits per heavy atom. The highest BCUT2D eigenvalue weighted by Gasteiger charge is 2.24. The van der Waals surface area contributed by atoms with Gasteiger partial charge < -0.3 is 10.0 Å². The lowest BCUT2D eigenvalue weighted by Gasteiger charge is -2.23. The quantitative estimate of drug-likeness (QED) is 0.852. The van der Waals surface area contributed by atoms with Gasteiger partial charge in [-0.2, -0.15) is 5.10 Å². The van der Waals surface area contributed by atoms with E-state index in [0.717, 1.165) is 17.0 Å².